The number of aliphatic hydroxyl groups excluding tert-OH is 1. The standard InChI is InChI=1S/C24H32BrN3O5/c1-14(2)26-22(31)20-24-13-16(25)19(33-24)17(21(30)27-15-9-5-3-6-10-15)18(24)23(32)28(20)11-7-4-8-12-29/h3,5-6,9-10,14,16-20,29H,4,7-8,11-13H2,1-2H3,(H,26,31)(H,27,30)/t16?,17-,18+,19-,20?,24?/m1/s1. The van der Waals surface area contributed by atoms with Crippen LogP contribution in [-0.2, 0) is 19.1 Å². The molecule has 0 radical (unpaired) electrons. The molecule has 1 aromatic carbocycles. The van der Waals surface area contributed by atoms with E-state index in [0.717, 1.165) is 6.42 Å². The Morgan fingerprint density at radius 3 is 2.61 bits per heavy atom. The van der Waals surface area contributed by atoms with Crippen LogP contribution in [0.25, 0.3) is 0 Å². The van der Waals surface area contributed by atoms with Crippen LogP contribution < -0.4 is 10.6 Å². The van der Waals surface area contributed by atoms with Gasteiger partial charge < -0.3 is 25.4 Å². The highest BCUT2D eigenvalue weighted by Crippen LogP contribution is 2.60. The van der Waals surface area contributed by atoms with Crippen molar-refractivity contribution in [2.24, 2.45) is 11.8 Å². The maximum absolute atomic E-state index is 13.7. The normalized spacial score (nSPS) is 32.3. The highest BCUT2D eigenvalue weighted by molar-refractivity contribution is 9.09. The average molecular weight is 522 g/mol. The van der Waals surface area contributed by atoms with Crippen molar-refractivity contribution >= 4 is 39.3 Å². The van der Waals surface area contributed by atoms with Crippen LogP contribution in [0, 0.1) is 11.8 Å². The van der Waals surface area contributed by atoms with Crippen LogP contribution >= 0.6 is 15.9 Å². The van der Waals surface area contributed by atoms with Gasteiger partial charge in [0.2, 0.25) is 17.7 Å². The van der Waals surface area contributed by atoms with Crippen LogP contribution in [0.2, 0.25) is 0 Å². The number of halogens is 1. The Balaban J connectivity index is 1.65. The highest BCUT2D eigenvalue weighted by atomic mass is 79.9. The molecule has 0 aliphatic carbocycles. The number of carbonyl (C=O) groups is 3. The zero-order valence-corrected chi connectivity index (χ0v) is 20.6. The molecule has 1 aromatic rings. The molecular formula is C24H32BrN3O5. The lowest BCUT2D eigenvalue weighted by molar-refractivity contribution is -0.141. The Morgan fingerprint density at radius 2 is 1.94 bits per heavy atom. The summed E-state index contributed by atoms with van der Waals surface area (Å²) in [4.78, 5) is 42.0. The van der Waals surface area contributed by atoms with E-state index in [0.29, 0.717) is 31.5 Å². The molecule has 4 rings (SSSR count). The van der Waals surface area contributed by atoms with E-state index in [-0.39, 0.29) is 35.2 Å². The number of rotatable bonds is 9. The van der Waals surface area contributed by atoms with Crippen LogP contribution in [0.3, 0.4) is 0 Å². The number of ether oxygens (including phenoxy) is 1. The minimum Gasteiger partial charge on any atom is -0.396 e. The summed E-state index contributed by atoms with van der Waals surface area (Å²) in [6.45, 7) is 4.24. The molecule has 8 nitrogen and oxygen atoms in total. The van der Waals surface area contributed by atoms with Crippen molar-refractivity contribution in [3.05, 3.63) is 30.3 Å². The largest absolute Gasteiger partial charge is 0.396 e. The van der Waals surface area contributed by atoms with Gasteiger partial charge >= 0.3 is 0 Å². The number of amides is 3. The Labute approximate surface area is 202 Å². The Kier molecular flexibility index (Phi) is 7.12. The predicted molar refractivity (Wildman–Crippen MR) is 127 cm³/mol. The number of para-hydroxylation sites is 1. The van der Waals surface area contributed by atoms with Crippen molar-refractivity contribution in [2.75, 3.05) is 18.5 Å². The lowest BCUT2D eigenvalue weighted by atomic mass is 9.70. The van der Waals surface area contributed by atoms with E-state index in [2.05, 4.69) is 26.6 Å². The second kappa shape index (κ2) is 9.72. The number of nitrogens with one attached hydrogen (secondary N) is 2. The van der Waals surface area contributed by atoms with Gasteiger partial charge in [-0.1, -0.05) is 34.1 Å². The molecule has 3 amide bonds. The monoisotopic (exact) mass is 521 g/mol. The van der Waals surface area contributed by atoms with Crippen LogP contribution in [0.5, 0.6) is 0 Å². The molecule has 3 fully saturated rings. The number of anilines is 1. The molecule has 6 atom stereocenters. The molecule has 9 heteroatoms. The van der Waals surface area contributed by atoms with Crippen molar-refractivity contribution in [1.29, 1.82) is 0 Å². The van der Waals surface area contributed by atoms with Crippen LogP contribution in [0.1, 0.15) is 39.5 Å². The molecule has 180 valence electrons. The van der Waals surface area contributed by atoms with Crippen LogP contribution in [-0.4, -0.2) is 69.5 Å². The highest BCUT2D eigenvalue weighted by Gasteiger charge is 2.76. The number of benzene rings is 1. The predicted octanol–water partition coefficient (Wildman–Crippen LogP) is 2.06. The molecule has 33 heavy (non-hydrogen) atoms. The quantitative estimate of drug-likeness (QED) is 0.340. The second-order valence-electron chi connectivity index (χ2n) is 9.50. The van der Waals surface area contributed by atoms with Crippen molar-refractivity contribution < 1.29 is 24.2 Å². The molecule has 1 spiro atoms. The summed E-state index contributed by atoms with van der Waals surface area (Å²) in [6, 6.07) is 8.27. The van der Waals surface area contributed by atoms with Gasteiger partial charge in [0.05, 0.1) is 17.9 Å². The third-order valence-corrected chi connectivity index (χ3v) is 7.71. The molecular weight excluding hydrogens is 490 g/mol. The van der Waals surface area contributed by atoms with E-state index in [1.54, 1.807) is 17.0 Å². The number of aliphatic hydroxyl groups is 1. The fourth-order valence-electron chi connectivity index (χ4n) is 5.65. The number of hydrogen-bond acceptors (Lipinski definition) is 5. The van der Waals surface area contributed by atoms with Crippen molar-refractivity contribution in [1.82, 2.24) is 10.2 Å². The molecule has 3 heterocycles. The van der Waals surface area contributed by atoms with Gasteiger partial charge in [0.25, 0.3) is 0 Å². The van der Waals surface area contributed by atoms with E-state index >= 15 is 0 Å². The van der Waals surface area contributed by atoms with E-state index in [9.17, 15) is 14.4 Å². The number of fused-ring (bicyclic) bond motifs is 1. The lowest BCUT2D eigenvalue weighted by Gasteiger charge is -2.34. The third-order valence-electron chi connectivity index (χ3n) is 6.87. The fraction of sp³-hybridized carbons (Fsp3) is 0.625. The summed E-state index contributed by atoms with van der Waals surface area (Å²) in [5.74, 6) is -2.10. The van der Waals surface area contributed by atoms with Crippen molar-refractivity contribution in [3.63, 3.8) is 0 Å². The van der Waals surface area contributed by atoms with E-state index < -0.39 is 29.6 Å². The molecule has 0 aromatic heterocycles. The zero-order chi connectivity index (χ0) is 23.8. The van der Waals surface area contributed by atoms with Crippen molar-refractivity contribution in [2.45, 2.75) is 68.1 Å². The van der Waals surface area contributed by atoms with Gasteiger partial charge in [0.1, 0.15) is 11.6 Å². The fourth-order valence-corrected chi connectivity index (χ4v) is 6.59. The molecule has 3 N–H and O–H groups in total. The summed E-state index contributed by atoms with van der Waals surface area (Å²) in [7, 11) is 0. The van der Waals surface area contributed by atoms with Crippen LogP contribution in [0.15, 0.2) is 30.3 Å². The molecule has 3 aliphatic heterocycles. The topological polar surface area (TPSA) is 108 Å². The molecule has 0 saturated carbocycles. The van der Waals surface area contributed by atoms with Crippen LogP contribution in [0.4, 0.5) is 5.69 Å². The minimum atomic E-state index is -1.04. The van der Waals surface area contributed by atoms with E-state index in [4.69, 9.17) is 9.84 Å². The number of alkyl halides is 1. The first kappa shape index (κ1) is 24.2. The van der Waals surface area contributed by atoms with Crippen molar-refractivity contribution in [3.8, 4) is 0 Å². The average Bonchev–Trinajstić information content (AvgIpc) is 3.35. The SMILES string of the molecule is CC(C)NC(=O)C1N(CCCCCO)C(=O)[C@@H]2[C@@H](C(=O)Nc3ccccc3)[C@@H]3OC12CC3Br. The molecule has 3 unspecified atom stereocenters. The van der Waals surface area contributed by atoms with Gasteiger partial charge in [-0.25, -0.2) is 0 Å². The third kappa shape index (κ3) is 4.31. The van der Waals surface area contributed by atoms with E-state index in [1.807, 2.05) is 32.0 Å². The molecule has 3 aliphatic rings. The first-order chi connectivity index (χ1) is 15.8. The van der Waals surface area contributed by atoms with Gasteiger partial charge in [-0.15, -0.1) is 0 Å². The number of hydrogen-bond donors (Lipinski definition) is 3. The lowest BCUT2D eigenvalue weighted by Crippen LogP contribution is -2.56. The number of likely N-dealkylation sites (tertiary alicyclic amines) is 1. The summed E-state index contributed by atoms with van der Waals surface area (Å²) in [6.07, 6.45) is 2.08. The Morgan fingerprint density at radius 1 is 1.21 bits per heavy atom. The maximum Gasteiger partial charge on any atom is 0.246 e. The first-order valence-electron chi connectivity index (χ1n) is 11.7. The molecule has 2 bridgehead atoms. The Bertz CT molecular complexity index is 897. The van der Waals surface area contributed by atoms with Gasteiger partial charge in [-0.3, -0.25) is 14.4 Å². The smallest absolute Gasteiger partial charge is 0.246 e. The number of nitrogens with zero attached hydrogens (tertiary/aromatic N) is 1. The number of unbranched alkanes of at least 4 members (excludes halogenated alkanes) is 2. The van der Waals surface area contributed by atoms with E-state index in [1.165, 1.54) is 0 Å². The zero-order valence-electron chi connectivity index (χ0n) is 19.0. The van der Waals surface area contributed by atoms with Gasteiger partial charge in [0, 0.05) is 29.7 Å². The summed E-state index contributed by atoms with van der Waals surface area (Å²) in [5.41, 5.74) is -0.379. The number of carbonyl (C=O) groups excluding carboxylic acids is 3. The maximum atomic E-state index is 13.7. The summed E-state index contributed by atoms with van der Waals surface area (Å²) >= 11 is 3.67. The second-order valence-corrected chi connectivity index (χ2v) is 10.7. The minimum absolute atomic E-state index is 0.0881. The summed E-state index contributed by atoms with van der Waals surface area (Å²) in [5, 5.41) is 15.0. The van der Waals surface area contributed by atoms with Gasteiger partial charge in [-0.2, -0.15) is 0 Å². The summed E-state index contributed by atoms with van der Waals surface area (Å²) < 4.78 is 6.44. The van der Waals surface area contributed by atoms with Gasteiger partial charge in [0.15, 0.2) is 0 Å². The molecule has 3 saturated heterocycles. The Hall–Kier alpha value is -1.97. The van der Waals surface area contributed by atoms with Gasteiger partial charge in [-0.05, 0) is 51.7 Å². The first-order valence-corrected chi connectivity index (χ1v) is 12.6.